The van der Waals surface area contributed by atoms with Crippen molar-refractivity contribution in [3.05, 3.63) is 0 Å². The molecule has 0 saturated heterocycles. The van der Waals surface area contributed by atoms with Crippen LogP contribution in [0.4, 0.5) is 0 Å². The van der Waals surface area contributed by atoms with E-state index in [2.05, 4.69) is 0 Å². The molecule has 0 aliphatic heterocycles. The van der Waals surface area contributed by atoms with Crippen LogP contribution in [-0.2, 0) is 13.7 Å². The maximum absolute atomic E-state index is 8.88. The molecule has 0 radical (unpaired) electrons. The number of hydrogen-bond acceptors (Lipinski definition) is 3. The van der Waals surface area contributed by atoms with Gasteiger partial charge in [-0.25, -0.2) is 13.7 Å². The fourth-order valence-corrected chi connectivity index (χ4v) is 0. The Kier molecular flexibility index (Phi) is 21.6. The van der Waals surface area contributed by atoms with Crippen molar-refractivity contribution >= 4 is 23.5 Å². The Bertz CT molecular complexity index is 208. The molecule has 0 rings (SSSR count). The molecule has 0 saturated carbocycles. The van der Waals surface area contributed by atoms with Crippen molar-refractivity contribution in [3.8, 4) is 0 Å². The Morgan fingerprint density at radius 1 is 0.529 bits per heavy atom. The summed E-state index contributed by atoms with van der Waals surface area (Å²) in [5, 5.41) is 0. The van der Waals surface area contributed by atoms with Gasteiger partial charge in [-0.3, -0.25) is 0 Å². The zero-order chi connectivity index (χ0) is 13.5. The van der Waals surface area contributed by atoms with Crippen LogP contribution in [0.2, 0.25) is 0 Å². The average Bonchev–Trinajstić information content (AvgIpc) is 1.41. The zero-order valence-electron chi connectivity index (χ0n) is 9.09. The van der Waals surface area contributed by atoms with E-state index in [0.717, 1.165) is 0 Å². The first-order valence-electron chi connectivity index (χ1n) is 2.35. The number of hydrogen-bond donors (Lipinski definition) is 9. The van der Waals surface area contributed by atoms with Gasteiger partial charge in [-0.05, 0) is 0 Å². The minimum absolute atomic E-state index is 0. The largest absolute Gasteiger partial charge is 1.00 e. The Balaban J connectivity index is -0.0000000277. The van der Waals surface area contributed by atoms with Crippen molar-refractivity contribution in [2.75, 3.05) is 0 Å². The van der Waals surface area contributed by atoms with Gasteiger partial charge < -0.3 is 50.9 Å². The molecule has 0 heterocycles. The summed E-state index contributed by atoms with van der Waals surface area (Å²) >= 11 is 0. The molecule has 0 bridgehead atoms. The number of rotatable bonds is 0. The van der Waals surface area contributed by atoms with E-state index >= 15 is 0 Å². The third kappa shape index (κ3) is 4750. The van der Waals surface area contributed by atoms with Gasteiger partial charge in [-0.2, -0.15) is 0 Å². The van der Waals surface area contributed by atoms with Crippen molar-refractivity contribution < 1.29 is 83.5 Å². The minimum Gasteiger partial charge on any atom is -1.00 e. The molecule has 0 fully saturated rings. The van der Waals surface area contributed by atoms with E-state index in [0.29, 0.717) is 0 Å². The topological polar surface area (TPSA) is 265 Å². The quantitative estimate of drug-likeness (QED) is 0.149. The first-order chi connectivity index (χ1) is 6.00. The van der Waals surface area contributed by atoms with Gasteiger partial charge in [0, 0.05) is 0 Å². The van der Waals surface area contributed by atoms with Crippen LogP contribution in [0.5, 0.6) is 0 Å². The monoisotopic (exact) mass is 320 g/mol. The molecular weight excluding hydrogens is 308 g/mol. The second-order valence-electron chi connectivity index (χ2n) is 1.54. The van der Waals surface area contributed by atoms with Crippen molar-refractivity contribution in [2.45, 2.75) is 0 Å². The molecule has 0 aromatic rings. The summed E-state index contributed by atoms with van der Waals surface area (Å²) in [7, 11) is -13.9. The van der Waals surface area contributed by atoms with Gasteiger partial charge in [0.15, 0.2) is 0 Å². The van der Waals surface area contributed by atoms with Crippen LogP contribution in [0.1, 0.15) is 1.43 Å². The SMILES string of the molecule is O.O=P(O)(O)O.O=P(O)(O)O.O=P(O)(O)O.[H-].[Li+]. The van der Waals surface area contributed by atoms with Crippen molar-refractivity contribution in [2.24, 2.45) is 0 Å². The van der Waals surface area contributed by atoms with Crippen LogP contribution < -0.4 is 18.9 Å². The molecule has 0 amide bonds. The van der Waals surface area contributed by atoms with Gasteiger partial charge in [-0.15, -0.1) is 0 Å². The molecule has 0 atom stereocenters. The smallest absolute Gasteiger partial charge is 1.00 e. The first kappa shape index (κ1) is 30.7. The molecule has 0 aromatic heterocycles. The number of phosphoric acid groups is 3. The maximum atomic E-state index is 8.88. The molecule has 0 aliphatic rings. The van der Waals surface area contributed by atoms with Crippen LogP contribution in [-0.4, -0.2) is 49.5 Å². The van der Waals surface area contributed by atoms with Gasteiger partial charge in [-0.1, -0.05) is 0 Å². The second kappa shape index (κ2) is 11.9. The van der Waals surface area contributed by atoms with Gasteiger partial charge in [0.2, 0.25) is 0 Å². The van der Waals surface area contributed by atoms with E-state index in [-0.39, 0.29) is 25.8 Å². The Morgan fingerprint density at radius 2 is 0.529 bits per heavy atom. The molecule has 0 aromatic carbocycles. The fraction of sp³-hybridized carbons (Fsp3) is 0. The first-order valence-corrected chi connectivity index (χ1v) is 7.04. The van der Waals surface area contributed by atoms with Crippen LogP contribution in [0.25, 0.3) is 0 Å². The van der Waals surface area contributed by atoms with Crippen LogP contribution in [0.3, 0.4) is 0 Å². The van der Waals surface area contributed by atoms with Crippen molar-refractivity contribution in [1.29, 1.82) is 0 Å². The van der Waals surface area contributed by atoms with Crippen LogP contribution in [0, 0.1) is 0 Å². The van der Waals surface area contributed by atoms with E-state index in [1.165, 1.54) is 0 Å². The predicted octanol–water partition coefficient (Wildman–Crippen LogP) is -6.49. The van der Waals surface area contributed by atoms with Crippen molar-refractivity contribution in [3.63, 3.8) is 0 Å². The summed E-state index contributed by atoms with van der Waals surface area (Å²) in [6.07, 6.45) is 0. The van der Waals surface area contributed by atoms with E-state index in [9.17, 15) is 0 Å². The third-order valence-electron chi connectivity index (χ3n) is 0. The van der Waals surface area contributed by atoms with Gasteiger partial charge in [0.1, 0.15) is 0 Å². The minimum atomic E-state index is -4.64. The zero-order valence-corrected chi connectivity index (χ0v) is 10.8. The standard InChI is InChI=1S/Li.3H3O4P.H2O.H/c;3*1-5(2,3)4;;/h;3*(H3,1,2,3,4);1H2;/q+1;;;;;-1. The Labute approximate surface area is 107 Å². The molecule has 0 aliphatic carbocycles. The van der Waals surface area contributed by atoms with Crippen molar-refractivity contribution in [1.82, 2.24) is 0 Å². The molecule has 17 heavy (non-hydrogen) atoms. The summed E-state index contributed by atoms with van der Waals surface area (Å²) in [6.45, 7) is 0. The normalized spacial score (nSPS) is 10.4. The molecule has 0 spiro atoms. The summed E-state index contributed by atoms with van der Waals surface area (Å²) in [6, 6.07) is 0. The molecule has 13 nitrogen and oxygen atoms in total. The van der Waals surface area contributed by atoms with E-state index < -0.39 is 23.5 Å². The third-order valence-corrected chi connectivity index (χ3v) is 0. The van der Waals surface area contributed by atoms with E-state index in [1.54, 1.807) is 0 Å². The average molecular weight is 320 g/mol. The van der Waals surface area contributed by atoms with Gasteiger partial charge in [0.25, 0.3) is 0 Å². The predicted molar refractivity (Wildman–Crippen MR) is 47.5 cm³/mol. The van der Waals surface area contributed by atoms with Crippen LogP contribution in [0.15, 0.2) is 0 Å². The van der Waals surface area contributed by atoms with E-state index in [1.807, 2.05) is 0 Å². The maximum Gasteiger partial charge on any atom is 1.00 e. The van der Waals surface area contributed by atoms with E-state index in [4.69, 9.17) is 57.7 Å². The van der Waals surface area contributed by atoms with Gasteiger partial charge in [0.05, 0.1) is 0 Å². The second-order valence-corrected chi connectivity index (χ2v) is 4.62. The molecular formula is H12LiO13P3. The van der Waals surface area contributed by atoms with Gasteiger partial charge >= 0.3 is 42.3 Å². The fourth-order valence-electron chi connectivity index (χ4n) is 0. The Hall–Kier alpha value is 0.887. The summed E-state index contributed by atoms with van der Waals surface area (Å²) in [4.78, 5) is 64.7. The van der Waals surface area contributed by atoms with Crippen LogP contribution >= 0.6 is 23.5 Å². The molecule has 17 heteroatoms. The summed E-state index contributed by atoms with van der Waals surface area (Å²) in [5.41, 5.74) is 0. The summed E-state index contributed by atoms with van der Waals surface area (Å²) in [5.74, 6) is 0. The molecule has 106 valence electrons. The molecule has 11 N–H and O–H groups in total. The Morgan fingerprint density at radius 3 is 0.529 bits per heavy atom. The summed E-state index contributed by atoms with van der Waals surface area (Å²) < 4.78 is 26.6. The molecule has 0 unspecified atom stereocenters.